The van der Waals surface area contributed by atoms with Crippen LogP contribution in [0, 0.1) is 0 Å². The van der Waals surface area contributed by atoms with E-state index in [9.17, 15) is 18.0 Å². The zero-order chi connectivity index (χ0) is 24.7. The number of aromatic nitrogens is 2. The number of alkyl halides is 3. The molecule has 0 bridgehead atoms. The van der Waals surface area contributed by atoms with Crippen molar-refractivity contribution >= 4 is 37.3 Å². The van der Waals surface area contributed by atoms with Gasteiger partial charge in [0.05, 0.1) is 5.56 Å². The largest absolute Gasteiger partial charge is 0.573 e. The molecule has 13 heteroatoms. The van der Waals surface area contributed by atoms with Crippen LogP contribution in [0.2, 0.25) is 0 Å². The average Bonchev–Trinajstić information content (AvgIpc) is 2.87. The second-order valence-corrected chi connectivity index (χ2v) is 7.63. The van der Waals surface area contributed by atoms with Gasteiger partial charge >= 0.3 is 6.36 Å². The second kappa shape index (κ2) is 8.45. The number of nitrogens with zero attached hydrogens (tertiary/aromatic N) is 3. The van der Waals surface area contributed by atoms with Crippen LogP contribution in [0.25, 0.3) is 11.1 Å². The Morgan fingerprint density at radius 2 is 1.62 bits per heavy atom. The summed E-state index contributed by atoms with van der Waals surface area (Å²) in [5, 5.41) is -3.84. The van der Waals surface area contributed by atoms with Crippen molar-refractivity contribution in [1.29, 1.82) is 0 Å². The predicted octanol–water partition coefficient (Wildman–Crippen LogP) is 2.02. The van der Waals surface area contributed by atoms with Crippen molar-refractivity contribution in [3.8, 4) is 22.6 Å². The molecular formula is C21H12B4F3N3O3. The maximum Gasteiger partial charge on any atom is 0.573 e. The molecule has 1 aliphatic rings. The first-order valence-electron chi connectivity index (χ1n) is 9.80. The topological polar surface area (TPSA) is 64.6 Å². The first-order valence-corrected chi connectivity index (χ1v) is 9.80. The summed E-state index contributed by atoms with van der Waals surface area (Å²) in [6.45, 7) is -0.398. The van der Waals surface area contributed by atoms with Gasteiger partial charge in [0.1, 0.15) is 48.7 Å². The summed E-state index contributed by atoms with van der Waals surface area (Å²) in [5.41, 5.74) is 1.03. The molecule has 6 nitrogen and oxygen atoms in total. The molecule has 2 heterocycles. The minimum atomic E-state index is -4.81. The first-order chi connectivity index (χ1) is 15.9. The van der Waals surface area contributed by atoms with Gasteiger partial charge in [0, 0.05) is 29.7 Å². The Hall–Kier alpha value is -3.36. The van der Waals surface area contributed by atoms with Crippen molar-refractivity contribution in [2.75, 3.05) is 6.54 Å². The molecule has 1 aliphatic heterocycles. The van der Waals surface area contributed by atoms with Crippen molar-refractivity contribution in [1.82, 2.24) is 14.9 Å². The summed E-state index contributed by atoms with van der Waals surface area (Å²) in [6, 6.07) is 11.2. The predicted molar refractivity (Wildman–Crippen MR) is 120 cm³/mol. The minimum absolute atomic E-state index is 0.0297. The quantitative estimate of drug-likeness (QED) is 0.565. The SMILES string of the molecule is [B]C1([B])CN(C([B])([B])c2ncccn2)C(=O)c2cc(-c3ccc(OC(F)(F)F)cc3)ccc2O1. The van der Waals surface area contributed by atoms with E-state index in [1.165, 1.54) is 36.7 Å². The van der Waals surface area contributed by atoms with Crippen molar-refractivity contribution in [2.24, 2.45) is 0 Å². The van der Waals surface area contributed by atoms with Gasteiger partial charge < -0.3 is 14.4 Å². The van der Waals surface area contributed by atoms with Crippen molar-refractivity contribution < 1.29 is 27.4 Å². The van der Waals surface area contributed by atoms with E-state index < -0.39 is 29.6 Å². The van der Waals surface area contributed by atoms with Gasteiger partial charge in [-0.15, -0.1) is 13.2 Å². The second-order valence-electron chi connectivity index (χ2n) is 7.63. The molecule has 0 fully saturated rings. The number of carbonyl (C=O) groups excluding carboxylic acids is 1. The van der Waals surface area contributed by atoms with Crippen LogP contribution < -0.4 is 9.47 Å². The van der Waals surface area contributed by atoms with Gasteiger partial charge in [0.25, 0.3) is 5.91 Å². The lowest BCUT2D eigenvalue weighted by Crippen LogP contribution is -2.58. The van der Waals surface area contributed by atoms with E-state index in [0.29, 0.717) is 11.1 Å². The molecule has 0 saturated carbocycles. The molecule has 4 rings (SSSR count). The third-order valence-corrected chi connectivity index (χ3v) is 4.95. The molecule has 0 N–H and O–H groups in total. The van der Waals surface area contributed by atoms with Gasteiger partial charge in [-0.05, 0) is 41.5 Å². The van der Waals surface area contributed by atoms with Crippen LogP contribution >= 0.6 is 0 Å². The summed E-state index contributed by atoms with van der Waals surface area (Å²) >= 11 is 0. The maximum absolute atomic E-state index is 13.5. The third-order valence-electron chi connectivity index (χ3n) is 4.95. The summed E-state index contributed by atoms with van der Waals surface area (Å²) in [6.07, 6.45) is -1.99. The normalized spacial score (nSPS) is 15.7. The fourth-order valence-electron chi connectivity index (χ4n) is 3.44. The zero-order valence-corrected chi connectivity index (χ0v) is 17.5. The molecule has 34 heavy (non-hydrogen) atoms. The van der Waals surface area contributed by atoms with E-state index in [0.717, 1.165) is 17.0 Å². The Morgan fingerprint density at radius 1 is 1.00 bits per heavy atom. The first kappa shape index (κ1) is 23.8. The molecule has 1 aromatic heterocycles. The van der Waals surface area contributed by atoms with Gasteiger partial charge in [0.15, 0.2) is 0 Å². The number of hydrogen-bond acceptors (Lipinski definition) is 5. The molecule has 162 valence electrons. The number of halogens is 3. The standard InChI is InChI=1S/C21H12B4F3N3O3/c22-19(23)11-31(20(24,25)18-29-8-1-9-30-18)17(32)15-10-13(4-7-16(15)34-19)12-2-5-14(6-3-12)33-21(26,27)28/h1-10H,11H2. The Bertz CT molecular complexity index is 1210. The summed E-state index contributed by atoms with van der Waals surface area (Å²) in [7, 11) is 24.6. The fourth-order valence-corrected chi connectivity index (χ4v) is 3.44. The van der Waals surface area contributed by atoms with E-state index in [-0.39, 0.29) is 22.9 Å². The highest BCUT2D eigenvalue weighted by Gasteiger charge is 2.41. The van der Waals surface area contributed by atoms with Crippen LogP contribution in [0.4, 0.5) is 13.2 Å². The van der Waals surface area contributed by atoms with Crippen molar-refractivity contribution in [3.05, 3.63) is 72.3 Å². The highest BCUT2D eigenvalue weighted by molar-refractivity contribution is 6.42. The van der Waals surface area contributed by atoms with Crippen LogP contribution in [0.3, 0.4) is 0 Å². The summed E-state index contributed by atoms with van der Waals surface area (Å²) in [4.78, 5) is 22.6. The van der Waals surface area contributed by atoms with Crippen LogP contribution in [-0.4, -0.2) is 70.5 Å². The zero-order valence-electron chi connectivity index (χ0n) is 17.5. The number of carbonyl (C=O) groups is 1. The highest BCUT2D eigenvalue weighted by atomic mass is 19.4. The molecule has 0 spiro atoms. The Morgan fingerprint density at radius 3 is 2.24 bits per heavy atom. The number of hydrogen-bond donors (Lipinski definition) is 0. The minimum Gasteiger partial charge on any atom is -0.504 e. The van der Waals surface area contributed by atoms with E-state index in [4.69, 9.17) is 36.1 Å². The number of ether oxygens (including phenoxy) is 2. The van der Waals surface area contributed by atoms with Gasteiger partial charge in [-0.1, -0.05) is 18.2 Å². The summed E-state index contributed by atoms with van der Waals surface area (Å²) in [5.74, 6) is -1.03. The van der Waals surface area contributed by atoms with Crippen LogP contribution in [0.5, 0.6) is 11.5 Å². The van der Waals surface area contributed by atoms with Crippen LogP contribution in [0.15, 0.2) is 60.9 Å². The molecule has 8 radical (unpaired) electrons. The van der Waals surface area contributed by atoms with E-state index in [1.54, 1.807) is 12.1 Å². The molecule has 2 aromatic carbocycles. The molecule has 1 amide bonds. The third kappa shape index (κ3) is 4.93. The fraction of sp³-hybridized carbons (Fsp3) is 0.190. The highest BCUT2D eigenvalue weighted by Crippen LogP contribution is 2.35. The average molecular weight is 455 g/mol. The molecule has 0 aliphatic carbocycles. The molecule has 0 saturated heterocycles. The Labute approximate surface area is 198 Å². The summed E-state index contributed by atoms with van der Waals surface area (Å²) < 4.78 is 46.8. The maximum atomic E-state index is 13.5. The molecule has 0 unspecified atom stereocenters. The lowest BCUT2D eigenvalue weighted by Gasteiger charge is -2.41. The van der Waals surface area contributed by atoms with Gasteiger partial charge in [-0.2, -0.15) is 0 Å². The Balaban J connectivity index is 1.73. The lowest BCUT2D eigenvalue weighted by molar-refractivity contribution is -0.274. The molecule has 3 aromatic rings. The van der Waals surface area contributed by atoms with Gasteiger partial charge in [-0.3, -0.25) is 4.79 Å². The molecule has 0 atom stereocenters. The van der Waals surface area contributed by atoms with E-state index in [1.807, 2.05) is 0 Å². The monoisotopic (exact) mass is 455 g/mol. The van der Waals surface area contributed by atoms with Crippen LogP contribution in [0.1, 0.15) is 16.2 Å². The van der Waals surface area contributed by atoms with Crippen molar-refractivity contribution in [2.45, 2.75) is 17.1 Å². The van der Waals surface area contributed by atoms with Crippen molar-refractivity contribution in [3.63, 3.8) is 0 Å². The lowest BCUT2D eigenvalue weighted by atomic mass is 9.57. The number of fused-ring (bicyclic) bond motifs is 1. The van der Waals surface area contributed by atoms with Gasteiger partial charge in [0.2, 0.25) is 0 Å². The smallest absolute Gasteiger partial charge is 0.504 e. The number of rotatable bonds is 4. The van der Waals surface area contributed by atoms with Crippen LogP contribution in [-0.2, 0) is 5.34 Å². The van der Waals surface area contributed by atoms with E-state index >= 15 is 0 Å². The molecular weight excluding hydrogens is 442 g/mol. The number of amides is 1. The Kier molecular flexibility index (Phi) is 5.91. The van der Waals surface area contributed by atoms with Gasteiger partial charge in [-0.25, -0.2) is 9.97 Å². The number of benzene rings is 2. The van der Waals surface area contributed by atoms with E-state index in [2.05, 4.69) is 14.7 Å².